The molecule has 0 bridgehead atoms. The summed E-state index contributed by atoms with van der Waals surface area (Å²) < 4.78 is 14.1. The van der Waals surface area contributed by atoms with Crippen molar-refractivity contribution in [1.82, 2.24) is 15.1 Å². The Morgan fingerprint density at radius 2 is 1.92 bits per heavy atom. The molecule has 1 aromatic rings. The molecule has 2 N–H and O–H groups in total. The van der Waals surface area contributed by atoms with Crippen LogP contribution in [-0.2, 0) is 11.2 Å². The van der Waals surface area contributed by atoms with Crippen LogP contribution in [0.4, 0.5) is 4.39 Å². The van der Waals surface area contributed by atoms with E-state index < -0.39 is 11.5 Å². The van der Waals surface area contributed by atoms with Crippen molar-refractivity contribution in [2.24, 2.45) is 5.41 Å². The Hall–Kier alpha value is -1.50. The molecular formula is C20H28FN3O2. The van der Waals surface area contributed by atoms with Crippen LogP contribution in [0.15, 0.2) is 24.3 Å². The first-order valence-corrected chi connectivity index (χ1v) is 9.75. The summed E-state index contributed by atoms with van der Waals surface area (Å²) in [6, 6.07) is 6.74. The normalized spacial score (nSPS) is 28.8. The maximum atomic E-state index is 14.1. The minimum Gasteiger partial charge on any atom is -0.390 e. The van der Waals surface area contributed by atoms with Gasteiger partial charge in [-0.05, 0) is 44.0 Å². The fraction of sp³-hybridized carbons (Fsp3) is 0.650. The number of aliphatic hydroxyl groups excluding tert-OH is 1. The SMILES string of the molecule is O=C(N1C[C@H](O)[C@@H](N2CCCCC2)C1)C1(Cc2ccccc2F)CNC1. The second-order valence-electron chi connectivity index (χ2n) is 8.09. The Morgan fingerprint density at radius 3 is 2.58 bits per heavy atom. The van der Waals surface area contributed by atoms with E-state index in [9.17, 15) is 14.3 Å². The average molecular weight is 361 g/mol. The molecule has 6 heteroatoms. The van der Waals surface area contributed by atoms with E-state index >= 15 is 0 Å². The highest BCUT2D eigenvalue weighted by Crippen LogP contribution is 2.33. The van der Waals surface area contributed by atoms with Crippen LogP contribution in [0.2, 0.25) is 0 Å². The van der Waals surface area contributed by atoms with Crippen molar-refractivity contribution in [2.75, 3.05) is 39.3 Å². The number of likely N-dealkylation sites (tertiary alicyclic amines) is 2. The lowest BCUT2D eigenvalue weighted by atomic mass is 9.75. The smallest absolute Gasteiger partial charge is 0.231 e. The predicted octanol–water partition coefficient (Wildman–Crippen LogP) is 1.02. The van der Waals surface area contributed by atoms with Crippen molar-refractivity contribution in [3.63, 3.8) is 0 Å². The van der Waals surface area contributed by atoms with Gasteiger partial charge in [0.1, 0.15) is 5.82 Å². The van der Waals surface area contributed by atoms with Gasteiger partial charge in [0.2, 0.25) is 5.91 Å². The third-order valence-electron chi connectivity index (χ3n) is 6.27. The predicted molar refractivity (Wildman–Crippen MR) is 97.2 cm³/mol. The van der Waals surface area contributed by atoms with Crippen molar-refractivity contribution in [3.8, 4) is 0 Å². The van der Waals surface area contributed by atoms with E-state index in [0.29, 0.717) is 38.2 Å². The monoisotopic (exact) mass is 361 g/mol. The van der Waals surface area contributed by atoms with Crippen LogP contribution >= 0.6 is 0 Å². The molecule has 0 saturated carbocycles. The van der Waals surface area contributed by atoms with Crippen LogP contribution < -0.4 is 5.32 Å². The van der Waals surface area contributed by atoms with Crippen molar-refractivity contribution in [3.05, 3.63) is 35.6 Å². The van der Waals surface area contributed by atoms with E-state index in [4.69, 9.17) is 0 Å². The van der Waals surface area contributed by atoms with E-state index in [0.717, 1.165) is 25.9 Å². The molecule has 4 rings (SSSR count). The second kappa shape index (κ2) is 7.25. The van der Waals surface area contributed by atoms with Crippen molar-refractivity contribution in [1.29, 1.82) is 0 Å². The van der Waals surface area contributed by atoms with Gasteiger partial charge in [-0.15, -0.1) is 0 Å². The Labute approximate surface area is 154 Å². The number of hydrogen-bond acceptors (Lipinski definition) is 4. The van der Waals surface area contributed by atoms with Crippen LogP contribution in [0, 0.1) is 11.2 Å². The Morgan fingerprint density at radius 1 is 1.19 bits per heavy atom. The lowest BCUT2D eigenvalue weighted by Crippen LogP contribution is -2.63. The summed E-state index contributed by atoms with van der Waals surface area (Å²) >= 11 is 0. The highest BCUT2D eigenvalue weighted by atomic mass is 19.1. The van der Waals surface area contributed by atoms with Gasteiger partial charge in [0.25, 0.3) is 0 Å². The molecule has 0 radical (unpaired) electrons. The second-order valence-corrected chi connectivity index (χ2v) is 8.09. The molecule has 1 aromatic carbocycles. The van der Waals surface area contributed by atoms with Crippen LogP contribution in [0.5, 0.6) is 0 Å². The van der Waals surface area contributed by atoms with Crippen LogP contribution in [0.1, 0.15) is 24.8 Å². The molecule has 1 amide bonds. The molecule has 2 atom stereocenters. The van der Waals surface area contributed by atoms with Gasteiger partial charge in [0.05, 0.1) is 17.6 Å². The number of β-amino-alcohol motifs (C(OH)–C–C–N with tert-alkyl or cyclic N) is 1. The fourth-order valence-corrected chi connectivity index (χ4v) is 4.66. The third-order valence-corrected chi connectivity index (χ3v) is 6.27. The number of carbonyl (C=O) groups excluding carboxylic acids is 1. The molecule has 3 saturated heterocycles. The maximum Gasteiger partial charge on any atom is 0.231 e. The molecule has 3 aliphatic rings. The summed E-state index contributed by atoms with van der Waals surface area (Å²) in [5.41, 5.74) is 0.00767. The standard InChI is InChI=1S/C20H28FN3O2/c21-16-7-3-2-6-15(16)10-20(13-22-14-20)19(26)24-11-17(18(25)12-24)23-8-4-1-5-9-23/h2-3,6-7,17-18,22,25H,1,4-5,8-14H2/t17-,18-/m0/s1. The molecule has 3 aliphatic heterocycles. The number of aliphatic hydroxyl groups is 1. The molecule has 3 heterocycles. The molecule has 0 spiro atoms. The zero-order chi connectivity index (χ0) is 18.1. The molecule has 26 heavy (non-hydrogen) atoms. The van der Waals surface area contributed by atoms with Crippen LogP contribution in [0.25, 0.3) is 0 Å². The summed E-state index contributed by atoms with van der Waals surface area (Å²) in [5.74, 6) is -0.197. The molecule has 0 unspecified atom stereocenters. The van der Waals surface area contributed by atoms with Gasteiger partial charge >= 0.3 is 0 Å². The number of rotatable bonds is 4. The lowest BCUT2D eigenvalue weighted by Gasteiger charge is -2.43. The summed E-state index contributed by atoms with van der Waals surface area (Å²) in [5, 5.41) is 13.7. The molecular weight excluding hydrogens is 333 g/mol. The number of halogens is 1. The molecule has 5 nitrogen and oxygen atoms in total. The number of benzene rings is 1. The molecule has 0 aromatic heterocycles. The Kier molecular flexibility index (Phi) is 4.99. The summed E-state index contributed by atoms with van der Waals surface area (Å²) in [7, 11) is 0. The zero-order valence-corrected chi connectivity index (χ0v) is 15.2. The average Bonchev–Trinajstić information content (AvgIpc) is 3.01. The topological polar surface area (TPSA) is 55.8 Å². The highest BCUT2D eigenvalue weighted by molar-refractivity contribution is 5.85. The Bertz CT molecular complexity index is 658. The number of hydrogen-bond donors (Lipinski definition) is 2. The van der Waals surface area contributed by atoms with Gasteiger partial charge in [0.15, 0.2) is 0 Å². The maximum absolute atomic E-state index is 14.1. The first-order valence-electron chi connectivity index (χ1n) is 9.75. The van der Waals surface area contributed by atoms with Crippen LogP contribution in [0.3, 0.4) is 0 Å². The van der Waals surface area contributed by atoms with Gasteiger partial charge in [-0.25, -0.2) is 4.39 Å². The summed E-state index contributed by atoms with van der Waals surface area (Å²) in [4.78, 5) is 17.4. The van der Waals surface area contributed by atoms with E-state index in [1.54, 1.807) is 12.1 Å². The minimum absolute atomic E-state index is 0.0396. The van der Waals surface area contributed by atoms with E-state index in [1.165, 1.54) is 12.5 Å². The zero-order valence-electron chi connectivity index (χ0n) is 15.2. The number of nitrogens with zero attached hydrogens (tertiary/aromatic N) is 2. The van der Waals surface area contributed by atoms with Crippen molar-refractivity contribution < 1.29 is 14.3 Å². The summed E-state index contributed by atoms with van der Waals surface area (Å²) in [6.07, 6.45) is 3.50. The molecule has 142 valence electrons. The van der Waals surface area contributed by atoms with Gasteiger partial charge in [-0.3, -0.25) is 9.69 Å². The Balaban J connectivity index is 1.46. The van der Waals surface area contributed by atoms with E-state index in [-0.39, 0.29) is 17.8 Å². The number of nitrogens with one attached hydrogen (secondary N) is 1. The van der Waals surface area contributed by atoms with Crippen molar-refractivity contribution >= 4 is 5.91 Å². The van der Waals surface area contributed by atoms with Crippen molar-refractivity contribution in [2.45, 2.75) is 37.8 Å². The lowest BCUT2D eigenvalue weighted by molar-refractivity contribution is -0.144. The number of amides is 1. The quantitative estimate of drug-likeness (QED) is 0.841. The number of piperidine rings is 1. The van der Waals surface area contributed by atoms with Crippen LogP contribution in [-0.4, -0.2) is 72.2 Å². The first-order chi connectivity index (χ1) is 12.6. The summed E-state index contributed by atoms with van der Waals surface area (Å²) in [6.45, 7) is 4.12. The van der Waals surface area contributed by atoms with E-state index in [1.807, 2.05) is 11.0 Å². The third kappa shape index (κ3) is 3.26. The highest BCUT2D eigenvalue weighted by Gasteiger charge is 2.49. The van der Waals surface area contributed by atoms with Gasteiger partial charge in [-0.1, -0.05) is 24.6 Å². The van der Waals surface area contributed by atoms with Gasteiger partial charge in [0, 0.05) is 26.2 Å². The van der Waals surface area contributed by atoms with E-state index in [2.05, 4.69) is 10.2 Å². The number of carbonyl (C=O) groups is 1. The fourth-order valence-electron chi connectivity index (χ4n) is 4.66. The molecule has 0 aliphatic carbocycles. The first kappa shape index (κ1) is 17.9. The van der Waals surface area contributed by atoms with Gasteiger partial charge < -0.3 is 15.3 Å². The largest absolute Gasteiger partial charge is 0.390 e. The molecule has 3 fully saturated rings. The van der Waals surface area contributed by atoms with Gasteiger partial charge in [-0.2, -0.15) is 0 Å². The minimum atomic E-state index is -0.585.